The Hall–Kier alpha value is -1.72. The van der Waals surface area contributed by atoms with Crippen LogP contribution in [0.25, 0.3) is 0 Å². The summed E-state index contributed by atoms with van der Waals surface area (Å²) in [5.74, 6) is -0.392. The molecule has 1 amide bonds. The van der Waals surface area contributed by atoms with Crippen molar-refractivity contribution in [3.8, 4) is 0 Å². The van der Waals surface area contributed by atoms with Gasteiger partial charge in [0.15, 0.2) is 0 Å². The zero-order chi connectivity index (χ0) is 12.3. The molecule has 0 aliphatic heterocycles. The highest BCUT2D eigenvalue weighted by atomic mass is 35.5. The summed E-state index contributed by atoms with van der Waals surface area (Å²) in [5.41, 5.74) is 0.703. The van der Waals surface area contributed by atoms with Gasteiger partial charge in [0.25, 0.3) is 5.91 Å². The maximum absolute atomic E-state index is 11.7. The van der Waals surface area contributed by atoms with E-state index in [-0.39, 0.29) is 10.8 Å². The van der Waals surface area contributed by atoms with Crippen molar-refractivity contribution < 1.29 is 4.79 Å². The summed E-state index contributed by atoms with van der Waals surface area (Å²) in [4.78, 5) is 23.1. The van der Waals surface area contributed by atoms with E-state index in [1.54, 1.807) is 6.07 Å². The van der Waals surface area contributed by atoms with Crippen LogP contribution in [-0.2, 0) is 0 Å². The van der Waals surface area contributed by atoms with Gasteiger partial charge in [0, 0.05) is 11.9 Å². The Kier molecular flexibility index (Phi) is 3.51. The number of halogens is 2. The lowest BCUT2D eigenvalue weighted by molar-refractivity contribution is 0.102. The van der Waals surface area contributed by atoms with Gasteiger partial charge >= 0.3 is 0 Å². The van der Waals surface area contributed by atoms with Crippen LogP contribution in [0.2, 0.25) is 10.3 Å². The number of hydrogen-bond acceptors (Lipinski definition) is 4. The SMILES string of the molecule is O=C(Nc1ccnc(Cl)c1)c1cnc(Cl)cn1. The number of anilines is 1. The molecule has 0 fully saturated rings. The lowest BCUT2D eigenvalue weighted by Crippen LogP contribution is -2.13. The molecule has 0 unspecified atom stereocenters. The Morgan fingerprint density at radius 1 is 1.12 bits per heavy atom. The van der Waals surface area contributed by atoms with E-state index >= 15 is 0 Å². The molecule has 0 aromatic carbocycles. The fourth-order valence-corrected chi connectivity index (χ4v) is 1.38. The maximum atomic E-state index is 11.7. The number of rotatable bonds is 2. The molecule has 0 saturated heterocycles. The van der Waals surface area contributed by atoms with E-state index in [0.717, 1.165) is 0 Å². The number of nitrogens with zero attached hydrogens (tertiary/aromatic N) is 3. The molecule has 0 saturated carbocycles. The van der Waals surface area contributed by atoms with E-state index in [4.69, 9.17) is 23.2 Å². The summed E-state index contributed by atoms with van der Waals surface area (Å²) in [6.07, 6.45) is 4.09. The van der Waals surface area contributed by atoms with Gasteiger partial charge in [-0.05, 0) is 12.1 Å². The van der Waals surface area contributed by atoms with Crippen LogP contribution >= 0.6 is 23.2 Å². The van der Waals surface area contributed by atoms with Gasteiger partial charge in [-0.25, -0.2) is 15.0 Å². The third-order valence-electron chi connectivity index (χ3n) is 1.84. The highest BCUT2D eigenvalue weighted by Gasteiger charge is 2.08. The first-order valence-corrected chi connectivity index (χ1v) is 5.31. The molecule has 2 aromatic heterocycles. The smallest absolute Gasteiger partial charge is 0.275 e. The minimum Gasteiger partial charge on any atom is -0.320 e. The molecule has 0 bridgehead atoms. The third-order valence-corrected chi connectivity index (χ3v) is 2.24. The number of pyridine rings is 1. The summed E-state index contributed by atoms with van der Waals surface area (Å²) in [5, 5.41) is 3.14. The molecule has 1 N–H and O–H groups in total. The monoisotopic (exact) mass is 268 g/mol. The van der Waals surface area contributed by atoms with Crippen LogP contribution in [0.5, 0.6) is 0 Å². The van der Waals surface area contributed by atoms with E-state index in [9.17, 15) is 4.79 Å². The minimum absolute atomic E-state index is 0.169. The van der Waals surface area contributed by atoms with Crippen molar-refractivity contribution in [1.29, 1.82) is 0 Å². The molecule has 7 heteroatoms. The Morgan fingerprint density at radius 2 is 1.94 bits per heavy atom. The summed E-state index contributed by atoms with van der Waals surface area (Å²) >= 11 is 11.3. The van der Waals surface area contributed by atoms with Gasteiger partial charge in [-0.3, -0.25) is 4.79 Å². The Balaban J connectivity index is 2.14. The number of nitrogens with one attached hydrogen (secondary N) is 1. The minimum atomic E-state index is -0.392. The Morgan fingerprint density at radius 3 is 2.59 bits per heavy atom. The molecular weight excluding hydrogens is 263 g/mol. The molecule has 2 aromatic rings. The van der Waals surface area contributed by atoms with Crippen molar-refractivity contribution in [2.75, 3.05) is 5.32 Å². The van der Waals surface area contributed by atoms with Crippen molar-refractivity contribution in [3.63, 3.8) is 0 Å². The second kappa shape index (κ2) is 5.07. The first kappa shape index (κ1) is 11.8. The largest absolute Gasteiger partial charge is 0.320 e. The Bertz CT molecular complexity index is 544. The third kappa shape index (κ3) is 3.12. The zero-order valence-electron chi connectivity index (χ0n) is 8.39. The van der Waals surface area contributed by atoms with Crippen LogP contribution in [0, 0.1) is 0 Å². The topological polar surface area (TPSA) is 67.8 Å². The van der Waals surface area contributed by atoms with Crippen molar-refractivity contribution in [3.05, 3.63) is 46.7 Å². The van der Waals surface area contributed by atoms with Crippen LogP contribution in [-0.4, -0.2) is 20.9 Å². The lowest BCUT2D eigenvalue weighted by Gasteiger charge is -2.03. The van der Waals surface area contributed by atoms with Gasteiger partial charge in [-0.2, -0.15) is 0 Å². The van der Waals surface area contributed by atoms with Crippen molar-refractivity contribution in [1.82, 2.24) is 15.0 Å². The molecule has 17 heavy (non-hydrogen) atoms. The molecule has 86 valence electrons. The second-order valence-electron chi connectivity index (χ2n) is 3.05. The fraction of sp³-hybridized carbons (Fsp3) is 0. The first-order chi connectivity index (χ1) is 8.15. The van der Waals surface area contributed by atoms with E-state index < -0.39 is 5.91 Å². The molecule has 5 nitrogen and oxygen atoms in total. The molecule has 2 rings (SSSR count). The summed E-state index contributed by atoms with van der Waals surface area (Å²) < 4.78 is 0. The number of hydrogen-bond donors (Lipinski definition) is 1. The summed E-state index contributed by atoms with van der Waals surface area (Å²) in [6, 6.07) is 3.15. The average Bonchev–Trinajstić information content (AvgIpc) is 2.29. The van der Waals surface area contributed by atoms with Crippen molar-refractivity contribution >= 4 is 34.8 Å². The van der Waals surface area contributed by atoms with E-state index in [1.165, 1.54) is 24.7 Å². The molecular formula is C10H6Cl2N4O. The van der Waals surface area contributed by atoms with E-state index in [2.05, 4.69) is 20.3 Å². The zero-order valence-corrected chi connectivity index (χ0v) is 9.90. The maximum Gasteiger partial charge on any atom is 0.275 e. The van der Waals surface area contributed by atoms with Crippen molar-refractivity contribution in [2.45, 2.75) is 0 Å². The van der Waals surface area contributed by atoms with Gasteiger partial charge in [0.05, 0.1) is 12.4 Å². The Labute approximate surface area is 107 Å². The number of carbonyl (C=O) groups excluding carboxylic acids is 1. The first-order valence-electron chi connectivity index (χ1n) is 4.55. The number of amides is 1. The summed E-state index contributed by atoms with van der Waals surface area (Å²) in [7, 11) is 0. The van der Waals surface area contributed by atoms with E-state index in [1.807, 2.05) is 0 Å². The highest BCUT2D eigenvalue weighted by molar-refractivity contribution is 6.29. The lowest BCUT2D eigenvalue weighted by atomic mass is 10.3. The fourth-order valence-electron chi connectivity index (χ4n) is 1.10. The van der Waals surface area contributed by atoms with Gasteiger partial charge in [-0.1, -0.05) is 23.2 Å². The molecule has 0 atom stereocenters. The van der Waals surface area contributed by atoms with Gasteiger partial charge in [0.1, 0.15) is 16.0 Å². The van der Waals surface area contributed by atoms with Crippen LogP contribution in [0.4, 0.5) is 5.69 Å². The van der Waals surface area contributed by atoms with Crippen LogP contribution in [0.1, 0.15) is 10.5 Å². The molecule has 0 spiro atoms. The molecule has 2 heterocycles. The van der Waals surface area contributed by atoms with Crippen LogP contribution in [0.3, 0.4) is 0 Å². The molecule has 0 aliphatic rings. The normalized spacial score (nSPS) is 10.0. The van der Waals surface area contributed by atoms with Crippen LogP contribution < -0.4 is 5.32 Å². The average molecular weight is 269 g/mol. The van der Waals surface area contributed by atoms with Gasteiger partial charge in [0.2, 0.25) is 0 Å². The number of aromatic nitrogens is 3. The van der Waals surface area contributed by atoms with Gasteiger partial charge < -0.3 is 5.32 Å². The predicted octanol–water partition coefficient (Wildman–Crippen LogP) is 2.43. The summed E-state index contributed by atoms with van der Waals surface area (Å²) in [6.45, 7) is 0. The quantitative estimate of drug-likeness (QED) is 0.850. The molecule has 0 aliphatic carbocycles. The van der Waals surface area contributed by atoms with E-state index in [0.29, 0.717) is 10.8 Å². The predicted molar refractivity (Wildman–Crippen MR) is 64.2 cm³/mol. The molecule has 0 radical (unpaired) electrons. The highest BCUT2D eigenvalue weighted by Crippen LogP contribution is 2.12. The van der Waals surface area contributed by atoms with Crippen molar-refractivity contribution in [2.24, 2.45) is 0 Å². The number of carbonyl (C=O) groups is 1. The van der Waals surface area contributed by atoms with Crippen LogP contribution in [0.15, 0.2) is 30.7 Å². The second-order valence-corrected chi connectivity index (χ2v) is 3.82. The van der Waals surface area contributed by atoms with Gasteiger partial charge in [-0.15, -0.1) is 0 Å². The standard InChI is InChI=1S/C10H6Cl2N4O/c11-8-3-6(1-2-13-8)16-10(17)7-4-15-9(12)5-14-7/h1-5H,(H,13,16,17).